The zero-order chi connectivity index (χ0) is 15.7. The van der Waals surface area contributed by atoms with Gasteiger partial charge in [-0.3, -0.25) is 4.79 Å². The molecule has 0 radical (unpaired) electrons. The lowest BCUT2D eigenvalue weighted by molar-refractivity contribution is -0.275. The van der Waals surface area contributed by atoms with Gasteiger partial charge in [0.1, 0.15) is 11.3 Å². The summed E-state index contributed by atoms with van der Waals surface area (Å²) in [4.78, 5) is 24.0. The van der Waals surface area contributed by atoms with Gasteiger partial charge in [-0.15, -0.1) is 13.2 Å². The van der Waals surface area contributed by atoms with Gasteiger partial charge in [-0.1, -0.05) is 0 Å². The highest BCUT2D eigenvalue weighted by atomic mass is 19.4. The first kappa shape index (κ1) is 15.9. The Balaban J connectivity index is 3.52. The number of alkyl halides is 6. The number of carbonyl (C=O) groups excluding carboxylic acids is 1. The van der Waals surface area contributed by atoms with Crippen molar-refractivity contribution in [1.29, 1.82) is 0 Å². The van der Waals surface area contributed by atoms with Crippen LogP contribution in [0.1, 0.15) is 16.1 Å². The number of aromatic nitrogens is 1. The van der Waals surface area contributed by atoms with Crippen molar-refractivity contribution in [3.05, 3.63) is 27.7 Å². The lowest BCUT2D eigenvalue weighted by Gasteiger charge is -2.13. The first-order chi connectivity index (χ1) is 8.97. The zero-order valence-corrected chi connectivity index (χ0v) is 9.48. The van der Waals surface area contributed by atoms with Gasteiger partial charge in [0.05, 0.1) is 7.11 Å². The topological polar surface area (TPSA) is 68.4 Å². The van der Waals surface area contributed by atoms with Crippen molar-refractivity contribution in [3.8, 4) is 5.75 Å². The number of carbonyl (C=O) groups is 1. The van der Waals surface area contributed by atoms with Gasteiger partial charge in [-0.25, -0.2) is 4.79 Å². The summed E-state index contributed by atoms with van der Waals surface area (Å²) in [6.45, 7) is 0. The fourth-order valence-corrected chi connectivity index (χ4v) is 1.25. The van der Waals surface area contributed by atoms with E-state index in [1.54, 1.807) is 4.98 Å². The molecule has 0 saturated heterocycles. The van der Waals surface area contributed by atoms with Gasteiger partial charge in [-0.05, 0) is 0 Å². The molecule has 0 spiro atoms. The molecule has 0 aromatic carbocycles. The second-order valence-electron chi connectivity index (χ2n) is 3.27. The lowest BCUT2D eigenvalue weighted by Crippen LogP contribution is -2.29. The van der Waals surface area contributed by atoms with Gasteiger partial charge in [-0.2, -0.15) is 13.2 Å². The summed E-state index contributed by atoms with van der Waals surface area (Å²) >= 11 is 0. The Bertz CT molecular complexity index is 573. The Morgan fingerprint density at radius 2 is 1.75 bits per heavy atom. The molecule has 0 saturated carbocycles. The number of rotatable bonds is 2. The summed E-state index contributed by atoms with van der Waals surface area (Å²) in [5.41, 5.74) is -5.58. The van der Waals surface area contributed by atoms with E-state index in [0.29, 0.717) is 0 Å². The predicted molar refractivity (Wildman–Crippen MR) is 50.1 cm³/mol. The summed E-state index contributed by atoms with van der Waals surface area (Å²) in [5, 5.41) is 0. The van der Waals surface area contributed by atoms with Crippen LogP contribution in [0.2, 0.25) is 0 Å². The summed E-state index contributed by atoms with van der Waals surface area (Å²) in [7, 11) is 0.737. The number of esters is 1. The highest BCUT2D eigenvalue weighted by molar-refractivity contribution is 5.89. The molecule has 0 amide bonds. The minimum Gasteiger partial charge on any atom is -0.464 e. The Hall–Kier alpha value is -2.20. The van der Waals surface area contributed by atoms with Crippen LogP contribution in [0.3, 0.4) is 0 Å². The number of pyridine rings is 1. The minimum atomic E-state index is -5.37. The second-order valence-corrected chi connectivity index (χ2v) is 3.27. The highest BCUT2D eigenvalue weighted by Gasteiger charge is 2.42. The molecule has 1 N–H and O–H groups in total. The average Bonchev–Trinajstić information content (AvgIpc) is 2.27. The first-order valence-electron chi connectivity index (χ1n) is 4.64. The van der Waals surface area contributed by atoms with Crippen molar-refractivity contribution in [2.24, 2.45) is 0 Å². The van der Waals surface area contributed by atoms with Crippen LogP contribution < -0.4 is 10.2 Å². The Kier molecular flexibility index (Phi) is 4.01. The lowest BCUT2D eigenvalue weighted by atomic mass is 10.1. The number of halogens is 6. The standard InChI is InChI=1S/C9H5F6NO4/c1-19-7(18)5-4(8(10,11)12)6(17)3(2-16-5)20-9(13,14)15/h2H,1H3,(H,16,17). The third-order valence-electron chi connectivity index (χ3n) is 1.95. The number of H-pyrrole nitrogens is 1. The molecule has 5 nitrogen and oxygen atoms in total. The van der Waals surface area contributed by atoms with Crippen LogP contribution in [-0.2, 0) is 10.9 Å². The maximum absolute atomic E-state index is 12.7. The van der Waals surface area contributed by atoms with Crippen LogP contribution in [0.15, 0.2) is 11.0 Å². The van der Waals surface area contributed by atoms with Gasteiger partial charge >= 0.3 is 18.5 Å². The fraction of sp³-hybridized carbons (Fsp3) is 0.333. The molecule has 0 unspecified atom stereocenters. The quantitative estimate of drug-likeness (QED) is 0.671. The second kappa shape index (κ2) is 5.06. The van der Waals surface area contributed by atoms with Crippen molar-refractivity contribution >= 4 is 5.97 Å². The third kappa shape index (κ3) is 3.42. The normalized spacial score (nSPS) is 12.2. The third-order valence-corrected chi connectivity index (χ3v) is 1.95. The number of hydrogen-bond donors (Lipinski definition) is 1. The maximum Gasteiger partial charge on any atom is 0.573 e. The molecule has 1 aromatic rings. The Labute approximate surface area is 106 Å². The van der Waals surface area contributed by atoms with Crippen LogP contribution in [0.4, 0.5) is 26.3 Å². The molecule has 0 atom stereocenters. The molecule has 1 aromatic heterocycles. The van der Waals surface area contributed by atoms with Crippen molar-refractivity contribution in [2.75, 3.05) is 7.11 Å². The van der Waals surface area contributed by atoms with Gasteiger partial charge in [0.2, 0.25) is 5.43 Å². The largest absolute Gasteiger partial charge is 0.573 e. The van der Waals surface area contributed by atoms with Crippen LogP contribution >= 0.6 is 0 Å². The number of methoxy groups -OCH3 is 1. The van der Waals surface area contributed by atoms with Gasteiger partial charge in [0, 0.05) is 6.20 Å². The van der Waals surface area contributed by atoms with E-state index in [1.807, 2.05) is 0 Å². The monoisotopic (exact) mass is 305 g/mol. The van der Waals surface area contributed by atoms with Gasteiger partial charge in [0.15, 0.2) is 5.75 Å². The van der Waals surface area contributed by atoms with Crippen molar-refractivity contribution < 1.29 is 40.6 Å². The molecule has 1 rings (SSSR count). The van der Waals surface area contributed by atoms with E-state index < -0.39 is 40.9 Å². The molecule has 0 aliphatic rings. The predicted octanol–water partition coefficient (Wildman–Crippen LogP) is 2.08. The fourth-order valence-electron chi connectivity index (χ4n) is 1.25. The van der Waals surface area contributed by atoms with E-state index in [0.717, 1.165) is 7.11 Å². The molecule has 0 fully saturated rings. The van der Waals surface area contributed by atoms with Crippen LogP contribution in [0.25, 0.3) is 0 Å². The van der Waals surface area contributed by atoms with Crippen LogP contribution in [0, 0.1) is 0 Å². The van der Waals surface area contributed by atoms with E-state index in [-0.39, 0.29) is 6.20 Å². The summed E-state index contributed by atoms with van der Waals surface area (Å²) in [6.07, 6.45) is -10.5. The van der Waals surface area contributed by atoms with Crippen molar-refractivity contribution in [1.82, 2.24) is 4.98 Å². The van der Waals surface area contributed by atoms with E-state index in [4.69, 9.17) is 0 Å². The first-order valence-corrected chi connectivity index (χ1v) is 4.64. The Morgan fingerprint density at radius 3 is 2.15 bits per heavy atom. The molecular formula is C9H5F6NO4. The molecule has 20 heavy (non-hydrogen) atoms. The van der Waals surface area contributed by atoms with Crippen molar-refractivity contribution in [3.63, 3.8) is 0 Å². The molecule has 1 heterocycles. The van der Waals surface area contributed by atoms with Gasteiger partial charge in [0.25, 0.3) is 0 Å². The average molecular weight is 305 g/mol. The number of hydrogen-bond acceptors (Lipinski definition) is 4. The summed E-state index contributed by atoms with van der Waals surface area (Å²) in [6, 6.07) is 0. The molecular weight excluding hydrogens is 300 g/mol. The van der Waals surface area contributed by atoms with E-state index in [1.165, 1.54) is 0 Å². The highest BCUT2D eigenvalue weighted by Crippen LogP contribution is 2.31. The van der Waals surface area contributed by atoms with Crippen molar-refractivity contribution in [2.45, 2.75) is 12.5 Å². The van der Waals surface area contributed by atoms with E-state index in [9.17, 15) is 35.9 Å². The summed E-state index contributed by atoms with van der Waals surface area (Å²) < 4.78 is 80.9. The molecule has 0 bridgehead atoms. The Morgan fingerprint density at radius 1 is 1.20 bits per heavy atom. The summed E-state index contributed by atoms with van der Waals surface area (Å²) in [5.74, 6) is -3.20. The zero-order valence-electron chi connectivity index (χ0n) is 9.48. The minimum absolute atomic E-state index is 0.192. The molecule has 0 aliphatic heterocycles. The van der Waals surface area contributed by atoms with Crippen LogP contribution in [-0.4, -0.2) is 24.4 Å². The maximum atomic E-state index is 12.7. The van der Waals surface area contributed by atoms with Crippen LogP contribution in [0.5, 0.6) is 5.75 Å². The smallest absolute Gasteiger partial charge is 0.464 e. The number of aromatic amines is 1. The molecule has 11 heteroatoms. The van der Waals surface area contributed by atoms with E-state index >= 15 is 0 Å². The number of ether oxygens (including phenoxy) is 2. The molecule has 112 valence electrons. The SMILES string of the molecule is COC(=O)c1[nH]cc(OC(F)(F)F)c(=O)c1C(F)(F)F. The molecule has 0 aliphatic carbocycles. The van der Waals surface area contributed by atoms with Gasteiger partial charge < -0.3 is 14.5 Å². The van der Waals surface area contributed by atoms with E-state index in [2.05, 4.69) is 9.47 Å². The number of nitrogens with one attached hydrogen (secondary N) is 1.